The summed E-state index contributed by atoms with van der Waals surface area (Å²) in [5.74, 6) is 1.22. The van der Waals surface area contributed by atoms with Gasteiger partial charge in [0.15, 0.2) is 0 Å². The van der Waals surface area contributed by atoms with Crippen LogP contribution < -0.4 is 4.90 Å². The van der Waals surface area contributed by atoms with Gasteiger partial charge in [0.2, 0.25) is 0 Å². The van der Waals surface area contributed by atoms with E-state index in [0.717, 1.165) is 24.3 Å². The first-order valence-corrected chi connectivity index (χ1v) is 6.04. The molecule has 0 aliphatic rings. The van der Waals surface area contributed by atoms with E-state index < -0.39 is 0 Å². The van der Waals surface area contributed by atoms with Crippen LogP contribution in [0, 0.1) is 24.2 Å². The minimum atomic E-state index is 0.403. The lowest BCUT2D eigenvalue weighted by Gasteiger charge is -2.23. The maximum absolute atomic E-state index is 8.89. The van der Waals surface area contributed by atoms with Crippen LogP contribution in [0.1, 0.15) is 24.5 Å². The van der Waals surface area contributed by atoms with Crippen molar-refractivity contribution in [2.24, 2.45) is 5.92 Å². The number of pyridine rings is 1. The molecule has 0 saturated heterocycles. The molecule has 0 spiro atoms. The Morgan fingerprint density at radius 3 is 2.72 bits per heavy atom. The molecule has 18 heavy (non-hydrogen) atoms. The normalized spacial score (nSPS) is 11.4. The lowest BCUT2D eigenvalue weighted by molar-refractivity contribution is 0.626. The molecule has 0 radical (unpaired) electrons. The highest BCUT2D eigenvalue weighted by Crippen LogP contribution is 2.18. The van der Waals surface area contributed by atoms with Gasteiger partial charge in [0.1, 0.15) is 11.9 Å². The summed E-state index contributed by atoms with van der Waals surface area (Å²) in [6.07, 6.45) is 6.35. The molecule has 3 nitrogen and oxygen atoms in total. The van der Waals surface area contributed by atoms with Crippen molar-refractivity contribution in [3.63, 3.8) is 0 Å². The second-order valence-corrected chi connectivity index (χ2v) is 4.21. The van der Waals surface area contributed by atoms with Crippen LogP contribution in [-0.2, 0) is 0 Å². The summed E-state index contributed by atoms with van der Waals surface area (Å²) < 4.78 is 0. The standard InChI is InChI=1S/C15H19N3/c1-5-13(6-2)11-18(7-3)15-8-12(4)14(9-16)10-17-15/h5,7-8,10,13H,1,3,6,11H2,2,4H3. The molecule has 0 saturated carbocycles. The fraction of sp³-hybridized carbons (Fsp3) is 0.333. The first-order chi connectivity index (χ1) is 8.65. The Kier molecular flexibility index (Phi) is 5.13. The summed E-state index contributed by atoms with van der Waals surface area (Å²) in [7, 11) is 0. The van der Waals surface area contributed by atoms with Crippen LogP contribution in [0.15, 0.2) is 37.7 Å². The maximum atomic E-state index is 8.89. The molecule has 0 aliphatic carbocycles. The third-order valence-electron chi connectivity index (χ3n) is 3.02. The molecule has 0 amide bonds. The van der Waals surface area contributed by atoms with Crippen LogP contribution in [0.4, 0.5) is 5.82 Å². The Labute approximate surface area is 109 Å². The third-order valence-corrected chi connectivity index (χ3v) is 3.02. The van der Waals surface area contributed by atoms with Crippen LogP contribution in [0.5, 0.6) is 0 Å². The zero-order valence-electron chi connectivity index (χ0n) is 11.1. The Hall–Kier alpha value is -2.08. The molecule has 1 aromatic heterocycles. The number of nitriles is 1. The van der Waals surface area contributed by atoms with E-state index in [1.165, 1.54) is 0 Å². The van der Waals surface area contributed by atoms with Gasteiger partial charge in [-0.05, 0) is 37.1 Å². The fourth-order valence-corrected chi connectivity index (χ4v) is 1.70. The van der Waals surface area contributed by atoms with Gasteiger partial charge in [-0.3, -0.25) is 0 Å². The van der Waals surface area contributed by atoms with E-state index in [0.29, 0.717) is 11.5 Å². The molecule has 1 aromatic rings. The second-order valence-electron chi connectivity index (χ2n) is 4.21. The molecule has 3 heteroatoms. The van der Waals surface area contributed by atoms with Crippen LogP contribution in [0.2, 0.25) is 0 Å². The van der Waals surface area contributed by atoms with Gasteiger partial charge in [0.05, 0.1) is 5.56 Å². The Morgan fingerprint density at radius 2 is 2.28 bits per heavy atom. The number of nitrogens with zero attached hydrogens (tertiary/aromatic N) is 3. The van der Waals surface area contributed by atoms with Crippen LogP contribution >= 0.6 is 0 Å². The van der Waals surface area contributed by atoms with E-state index >= 15 is 0 Å². The number of anilines is 1. The van der Waals surface area contributed by atoms with E-state index in [9.17, 15) is 0 Å². The predicted molar refractivity (Wildman–Crippen MR) is 75.2 cm³/mol. The van der Waals surface area contributed by atoms with Gasteiger partial charge in [-0.15, -0.1) is 6.58 Å². The summed E-state index contributed by atoms with van der Waals surface area (Å²) in [4.78, 5) is 6.29. The zero-order valence-corrected chi connectivity index (χ0v) is 11.1. The van der Waals surface area contributed by atoms with E-state index in [-0.39, 0.29) is 0 Å². The van der Waals surface area contributed by atoms with Crippen molar-refractivity contribution in [2.75, 3.05) is 11.4 Å². The number of hydrogen-bond donors (Lipinski definition) is 0. The van der Waals surface area contributed by atoms with Crippen LogP contribution in [-0.4, -0.2) is 11.5 Å². The summed E-state index contributed by atoms with van der Waals surface area (Å²) >= 11 is 0. The Balaban J connectivity index is 2.96. The minimum Gasteiger partial charge on any atom is -0.333 e. The average molecular weight is 241 g/mol. The molecule has 0 aliphatic heterocycles. The monoisotopic (exact) mass is 241 g/mol. The minimum absolute atomic E-state index is 0.403. The van der Waals surface area contributed by atoms with Gasteiger partial charge in [0.25, 0.3) is 0 Å². The van der Waals surface area contributed by atoms with Gasteiger partial charge in [0, 0.05) is 12.7 Å². The van der Waals surface area contributed by atoms with Gasteiger partial charge >= 0.3 is 0 Å². The molecule has 0 bridgehead atoms. The molecule has 0 aromatic carbocycles. The van der Waals surface area contributed by atoms with Crippen molar-refractivity contribution in [2.45, 2.75) is 20.3 Å². The SMILES string of the molecule is C=CC(CC)CN(C=C)c1cc(C)c(C#N)cn1. The fourth-order valence-electron chi connectivity index (χ4n) is 1.70. The molecule has 1 rings (SSSR count). The van der Waals surface area contributed by atoms with Crippen molar-refractivity contribution in [1.82, 2.24) is 4.98 Å². The summed E-state index contributed by atoms with van der Waals surface area (Å²) in [6, 6.07) is 4.03. The second kappa shape index (κ2) is 6.61. The van der Waals surface area contributed by atoms with Gasteiger partial charge in [-0.2, -0.15) is 5.26 Å². The number of hydrogen-bond acceptors (Lipinski definition) is 3. The Bertz CT molecular complexity index is 471. The van der Waals surface area contributed by atoms with Crippen molar-refractivity contribution >= 4 is 5.82 Å². The zero-order chi connectivity index (χ0) is 13.5. The van der Waals surface area contributed by atoms with Gasteiger partial charge in [-0.25, -0.2) is 4.98 Å². The smallest absolute Gasteiger partial charge is 0.132 e. The molecular weight excluding hydrogens is 222 g/mol. The third kappa shape index (κ3) is 3.21. The summed E-state index contributed by atoms with van der Waals surface area (Å²) in [5.41, 5.74) is 1.54. The van der Waals surface area contributed by atoms with Crippen molar-refractivity contribution in [3.05, 3.63) is 48.8 Å². The molecule has 94 valence electrons. The highest BCUT2D eigenvalue weighted by molar-refractivity contribution is 5.48. The topological polar surface area (TPSA) is 39.9 Å². The highest BCUT2D eigenvalue weighted by Gasteiger charge is 2.10. The predicted octanol–water partition coefficient (Wildman–Crippen LogP) is 3.42. The van der Waals surface area contributed by atoms with Crippen LogP contribution in [0.3, 0.4) is 0 Å². The highest BCUT2D eigenvalue weighted by atomic mass is 15.2. The molecule has 1 unspecified atom stereocenters. The lowest BCUT2D eigenvalue weighted by atomic mass is 10.1. The quantitative estimate of drug-likeness (QED) is 0.716. The Morgan fingerprint density at radius 1 is 1.56 bits per heavy atom. The molecule has 1 heterocycles. The molecule has 1 atom stereocenters. The molecule has 0 N–H and O–H groups in total. The maximum Gasteiger partial charge on any atom is 0.132 e. The number of rotatable bonds is 6. The van der Waals surface area contributed by atoms with Crippen molar-refractivity contribution in [3.8, 4) is 6.07 Å². The summed E-state index contributed by atoms with van der Waals surface area (Å²) in [6.45, 7) is 12.5. The molecule has 0 fully saturated rings. The van der Waals surface area contributed by atoms with Crippen molar-refractivity contribution in [1.29, 1.82) is 5.26 Å². The van der Waals surface area contributed by atoms with Gasteiger partial charge < -0.3 is 4.90 Å². The van der Waals surface area contributed by atoms with E-state index in [1.807, 2.05) is 24.0 Å². The van der Waals surface area contributed by atoms with Crippen molar-refractivity contribution < 1.29 is 0 Å². The first-order valence-electron chi connectivity index (χ1n) is 6.04. The summed E-state index contributed by atoms with van der Waals surface area (Å²) in [5, 5.41) is 8.89. The lowest BCUT2D eigenvalue weighted by Crippen LogP contribution is -2.23. The number of aryl methyl sites for hydroxylation is 1. The number of aromatic nitrogens is 1. The van der Waals surface area contributed by atoms with E-state index in [1.54, 1.807) is 12.4 Å². The molecular formula is C15H19N3. The largest absolute Gasteiger partial charge is 0.333 e. The first kappa shape index (κ1) is 14.0. The van der Waals surface area contributed by atoms with Crippen LogP contribution in [0.25, 0.3) is 0 Å². The average Bonchev–Trinajstić information content (AvgIpc) is 2.40. The van der Waals surface area contributed by atoms with E-state index in [2.05, 4.69) is 31.1 Å². The van der Waals surface area contributed by atoms with E-state index in [4.69, 9.17) is 5.26 Å². The van der Waals surface area contributed by atoms with Gasteiger partial charge in [-0.1, -0.05) is 19.6 Å².